The molecule has 8 nitrogen and oxygen atoms in total. The first kappa shape index (κ1) is 23.6. The van der Waals surface area contributed by atoms with Crippen LogP contribution in [-0.2, 0) is 4.79 Å². The minimum atomic E-state index is -0.700. The normalized spacial score (nSPS) is 21.6. The molecule has 9 heteroatoms. The van der Waals surface area contributed by atoms with Gasteiger partial charge in [0.15, 0.2) is 11.5 Å². The number of carboxylic acid groups (broad SMARTS) is 1. The Morgan fingerprint density at radius 3 is 2.61 bits per heavy atom. The Morgan fingerprint density at radius 1 is 1.24 bits per heavy atom. The van der Waals surface area contributed by atoms with Crippen molar-refractivity contribution < 1.29 is 24.0 Å². The first-order valence-electron chi connectivity index (χ1n) is 11.5. The Labute approximate surface area is 198 Å². The van der Waals surface area contributed by atoms with Crippen LogP contribution in [0, 0.1) is 11.8 Å². The molecule has 0 unspecified atom stereocenters. The molecule has 2 N–H and O–H groups in total. The summed E-state index contributed by atoms with van der Waals surface area (Å²) in [4.78, 5) is 25.8. The lowest BCUT2D eigenvalue weighted by Gasteiger charge is -2.40. The standard InChI is InChI=1S/C24H30ClN3O5/c1-14(2)32-21-8-5-16(9-19(21)25)22-10-20(27-33-22)23(29)26-18-6-3-15(4-7-18)11-28-12-17(13-28)24(30)31/h5,8-10,14-15,17-18H,3-4,6-7,11-13H2,1-2H3,(H,26,29)(H,30,31). The molecule has 0 spiro atoms. The van der Waals surface area contributed by atoms with Crippen molar-refractivity contribution in [1.82, 2.24) is 15.4 Å². The fraction of sp³-hybridized carbons (Fsp3) is 0.542. The molecular formula is C24H30ClN3O5. The van der Waals surface area contributed by atoms with Gasteiger partial charge in [0.05, 0.1) is 17.0 Å². The molecule has 4 rings (SSSR count). The second-order valence-corrected chi connectivity index (χ2v) is 9.74. The van der Waals surface area contributed by atoms with E-state index in [4.69, 9.17) is 26.0 Å². The van der Waals surface area contributed by atoms with Gasteiger partial charge in [-0.2, -0.15) is 0 Å². The van der Waals surface area contributed by atoms with Crippen molar-refractivity contribution in [1.29, 1.82) is 0 Å². The van der Waals surface area contributed by atoms with Crippen molar-refractivity contribution in [2.45, 2.75) is 51.7 Å². The second-order valence-electron chi connectivity index (χ2n) is 9.33. The van der Waals surface area contributed by atoms with Gasteiger partial charge in [-0.1, -0.05) is 16.8 Å². The minimum absolute atomic E-state index is 0.0176. The molecule has 1 aromatic heterocycles. The summed E-state index contributed by atoms with van der Waals surface area (Å²) in [5.74, 6) is 0.463. The monoisotopic (exact) mass is 475 g/mol. The molecule has 33 heavy (non-hydrogen) atoms. The minimum Gasteiger partial charge on any atom is -0.489 e. The Morgan fingerprint density at radius 2 is 1.97 bits per heavy atom. The molecule has 0 bridgehead atoms. The van der Waals surface area contributed by atoms with Gasteiger partial charge in [-0.15, -0.1) is 0 Å². The zero-order chi connectivity index (χ0) is 23.5. The Hall–Kier alpha value is -2.58. The molecule has 1 saturated heterocycles. The van der Waals surface area contributed by atoms with Crippen molar-refractivity contribution >= 4 is 23.5 Å². The molecule has 2 aliphatic rings. The number of hydrogen-bond acceptors (Lipinski definition) is 6. The SMILES string of the molecule is CC(C)Oc1ccc(-c2cc(C(=O)NC3CCC(CN4CC(C(=O)O)C4)CC3)no2)cc1Cl. The highest BCUT2D eigenvalue weighted by molar-refractivity contribution is 6.32. The highest BCUT2D eigenvalue weighted by Gasteiger charge is 2.34. The van der Waals surface area contributed by atoms with E-state index in [1.165, 1.54) is 0 Å². The molecule has 2 heterocycles. The summed E-state index contributed by atoms with van der Waals surface area (Å²) in [6, 6.07) is 7.07. The fourth-order valence-corrected chi connectivity index (χ4v) is 4.74. The van der Waals surface area contributed by atoms with E-state index in [2.05, 4.69) is 15.4 Å². The van der Waals surface area contributed by atoms with Crippen LogP contribution < -0.4 is 10.1 Å². The van der Waals surface area contributed by atoms with E-state index in [0.29, 0.717) is 35.5 Å². The van der Waals surface area contributed by atoms with Gasteiger partial charge in [-0.25, -0.2) is 0 Å². The van der Waals surface area contributed by atoms with Crippen LogP contribution in [0.4, 0.5) is 0 Å². The molecule has 2 aromatic rings. The van der Waals surface area contributed by atoms with E-state index in [9.17, 15) is 9.59 Å². The van der Waals surface area contributed by atoms with Crippen molar-refractivity contribution in [2.24, 2.45) is 11.8 Å². The second kappa shape index (κ2) is 10.1. The van der Waals surface area contributed by atoms with Gasteiger partial charge in [0.25, 0.3) is 5.91 Å². The van der Waals surface area contributed by atoms with E-state index in [1.54, 1.807) is 18.2 Å². The Kier molecular flexibility index (Phi) is 7.24. The van der Waals surface area contributed by atoms with Gasteiger partial charge in [-0.05, 0) is 63.6 Å². The van der Waals surface area contributed by atoms with Crippen LogP contribution in [0.25, 0.3) is 11.3 Å². The van der Waals surface area contributed by atoms with E-state index in [1.807, 2.05) is 19.9 Å². The third-order valence-electron chi connectivity index (χ3n) is 6.33. The molecule has 178 valence electrons. The van der Waals surface area contributed by atoms with Gasteiger partial charge in [0, 0.05) is 37.3 Å². The zero-order valence-electron chi connectivity index (χ0n) is 18.9. The number of rotatable bonds is 8. The quantitative estimate of drug-likeness (QED) is 0.592. The van der Waals surface area contributed by atoms with Crippen LogP contribution in [0.5, 0.6) is 5.75 Å². The van der Waals surface area contributed by atoms with Crippen LogP contribution in [0.3, 0.4) is 0 Å². The van der Waals surface area contributed by atoms with Crippen LogP contribution >= 0.6 is 11.6 Å². The van der Waals surface area contributed by atoms with Gasteiger partial charge >= 0.3 is 5.97 Å². The highest BCUT2D eigenvalue weighted by atomic mass is 35.5. The van der Waals surface area contributed by atoms with E-state index in [-0.39, 0.29) is 29.7 Å². The maximum Gasteiger partial charge on any atom is 0.309 e. The van der Waals surface area contributed by atoms with Crippen LogP contribution in [0.2, 0.25) is 5.02 Å². The first-order chi connectivity index (χ1) is 15.8. The Balaban J connectivity index is 1.26. The lowest BCUT2D eigenvalue weighted by atomic mass is 9.84. The number of aliphatic carboxylic acids is 1. The Bertz CT molecular complexity index is 994. The zero-order valence-corrected chi connectivity index (χ0v) is 19.7. The number of nitrogens with one attached hydrogen (secondary N) is 1. The summed E-state index contributed by atoms with van der Waals surface area (Å²) in [5, 5.41) is 16.5. The summed E-state index contributed by atoms with van der Waals surface area (Å²) in [5.41, 5.74) is 0.963. The van der Waals surface area contributed by atoms with Crippen molar-refractivity contribution in [2.75, 3.05) is 19.6 Å². The van der Waals surface area contributed by atoms with Crippen LogP contribution in [0.1, 0.15) is 50.0 Å². The maximum atomic E-state index is 12.7. The molecular weight excluding hydrogens is 446 g/mol. The van der Waals surface area contributed by atoms with Gasteiger partial charge in [-0.3, -0.25) is 9.59 Å². The van der Waals surface area contributed by atoms with Crippen molar-refractivity contribution in [3.63, 3.8) is 0 Å². The fourth-order valence-electron chi connectivity index (χ4n) is 4.51. The molecule has 0 atom stereocenters. The number of carboxylic acids is 1. The highest BCUT2D eigenvalue weighted by Crippen LogP contribution is 2.32. The average Bonchev–Trinajstić information content (AvgIpc) is 3.23. The lowest BCUT2D eigenvalue weighted by Crippen LogP contribution is -2.52. The number of hydrogen-bond donors (Lipinski definition) is 2. The largest absolute Gasteiger partial charge is 0.489 e. The van der Waals surface area contributed by atoms with Gasteiger partial charge < -0.3 is 24.6 Å². The van der Waals surface area contributed by atoms with Crippen LogP contribution in [-0.4, -0.2) is 58.8 Å². The predicted molar refractivity (Wildman–Crippen MR) is 123 cm³/mol. The predicted octanol–water partition coefficient (Wildman–Crippen LogP) is 4.09. The molecule has 1 amide bonds. The van der Waals surface area contributed by atoms with Crippen molar-refractivity contribution in [3.05, 3.63) is 35.0 Å². The molecule has 1 saturated carbocycles. The third-order valence-corrected chi connectivity index (χ3v) is 6.62. The topological polar surface area (TPSA) is 105 Å². The molecule has 2 fully saturated rings. The third kappa shape index (κ3) is 5.86. The summed E-state index contributed by atoms with van der Waals surface area (Å²) in [6.45, 7) is 6.11. The summed E-state index contributed by atoms with van der Waals surface area (Å²) in [7, 11) is 0. The number of halogens is 1. The van der Waals surface area contributed by atoms with E-state index >= 15 is 0 Å². The molecule has 1 aliphatic carbocycles. The number of carbonyl (C=O) groups excluding carboxylic acids is 1. The molecule has 1 aliphatic heterocycles. The number of benzene rings is 1. The first-order valence-corrected chi connectivity index (χ1v) is 11.9. The number of likely N-dealkylation sites (tertiary alicyclic amines) is 1. The number of aromatic nitrogens is 1. The molecule has 0 radical (unpaired) electrons. The smallest absolute Gasteiger partial charge is 0.309 e. The van der Waals surface area contributed by atoms with E-state index in [0.717, 1.165) is 37.8 Å². The van der Waals surface area contributed by atoms with Gasteiger partial charge in [0.1, 0.15) is 5.75 Å². The summed E-state index contributed by atoms with van der Waals surface area (Å²) in [6.07, 6.45) is 3.87. The molecule has 1 aromatic carbocycles. The van der Waals surface area contributed by atoms with E-state index < -0.39 is 5.97 Å². The van der Waals surface area contributed by atoms with Gasteiger partial charge in [0.2, 0.25) is 0 Å². The summed E-state index contributed by atoms with van der Waals surface area (Å²) >= 11 is 6.30. The number of amides is 1. The van der Waals surface area contributed by atoms with Crippen molar-refractivity contribution in [3.8, 4) is 17.1 Å². The number of ether oxygens (including phenoxy) is 1. The average molecular weight is 476 g/mol. The summed E-state index contributed by atoms with van der Waals surface area (Å²) < 4.78 is 11.0. The number of carbonyl (C=O) groups is 2. The van der Waals surface area contributed by atoms with Crippen LogP contribution in [0.15, 0.2) is 28.8 Å². The maximum absolute atomic E-state index is 12.7. The lowest BCUT2D eigenvalue weighted by molar-refractivity contribution is -0.147. The number of nitrogens with zero attached hydrogens (tertiary/aromatic N) is 2.